The highest BCUT2D eigenvalue weighted by Gasteiger charge is 2.17. The molecule has 0 aromatic rings. The lowest BCUT2D eigenvalue weighted by molar-refractivity contribution is -0.0299. The lowest BCUT2D eigenvalue weighted by atomic mass is 10.0. The summed E-state index contributed by atoms with van der Waals surface area (Å²) in [6.45, 7) is 9.07. The zero-order valence-electron chi connectivity index (χ0n) is 19.0. The average molecular weight is 438 g/mol. The average Bonchev–Trinajstić information content (AvgIpc) is 2.67. The van der Waals surface area contributed by atoms with E-state index in [1.165, 1.54) is 96.4 Å². The number of unbranched alkanes of at least 4 members (excludes halogenated alkanes) is 13. The molecule has 1 heterocycles. The number of hydrogen-bond donors (Lipinski definition) is 2. The van der Waals surface area contributed by atoms with Gasteiger partial charge in [0.05, 0.1) is 12.7 Å². The highest BCUT2D eigenvalue weighted by molar-refractivity contribution is 7.79. The van der Waals surface area contributed by atoms with Crippen LogP contribution in [0.4, 0.5) is 0 Å². The van der Waals surface area contributed by atoms with Crippen LogP contribution in [-0.4, -0.2) is 54.8 Å². The van der Waals surface area contributed by atoms with E-state index < -0.39 is 10.4 Å². The Labute approximate surface area is 180 Å². The fraction of sp³-hybridized carbons (Fsp3) is 1.00. The van der Waals surface area contributed by atoms with E-state index in [-0.39, 0.29) is 0 Å². The highest BCUT2D eigenvalue weighted by atomic mass is 32.3. The summed E-state index contributed by atoms with van der Waals surface area (Å²) >= 11 is 0. The quantitative estimate of drug-likeness (QED) is 0.230. The molecule has 0 spiro atoms. The van der Waals surface area contributed by atoms with Crippen molar-refractivity contribution in [1.29, 1.82) is 0 Å². The normalized spacial score (nSPS) is 17.7. The fourth-order valence-corrected chi connectivity index (χ4v) is 3.76. The molecule has 1 rings (SSSR count). The molecule has 0 aromatic heterocycles. The van der Waals surface area contributed by atoms with Gasteiger partial charge in [0.15, 0.2) is 0 Å². The summed E-state index contributed by atoms with van der Waals surface area (Å²) in [7, 11) is -4.67. The number of nitrogens with zero attached hydrogens (tertiary/aromatic N) is 1. The summed E-state index contributed by atoms with van der Waals surface area (Å²) in [5, 5.41) is 0. The first-order valence-corrected chi connectivity index (χ1v) is 13.3. The third kappa shape index (κ3) is 23.9. The Morgan fingerprint density at radius 1 is 0.793 bits per heavy atom. The molecule has 0 amide bonds. The van der Waals surface area contributed by atoms with Gasteiger partial charge < -0.3 is 4.74 Å². The highest BCUT2D eigenvalue weighted by Crippen LogP contribution is 2.14. The van der Waals surface area contributed by atoms with Gasteiger partial charge in [-0.2, -0.15) is 8.42 Å². The Hall–Kier alpha value is -0.210. The van der Waals surface area contributed by atoms with Crippen molar-refractivity contribution in [2.45, 2.75) is 116 Å². The van der Waals surface area contributed by atoms with Gasteiger partial charge in [-0.1, -0.05) is 97.3 Å². The van der Waals surface area contributed by atoms with Gasteiger partial charge in [0.25, 0.3) is 0 Å². The van der Waals surface area contributed by atoms with Crippen molar-refractivity contribution in [2.24, 2.45) is 0 Å². The van der Waals surface area contributed by atoms with Crippen molar-refractivity contribution in [3.8, 4) is 0 Å². The molecule has 0 radical (unpaired) electrons. The molecule has 1 fully saturated rings. The van der Waals surface area contributed by atoms with Crippen LogP contribution in [0.3, 0.4) is 0 Å². The van der Waals surface area contributed by atoms with Crippen LogP contribution in [0.15, 0.2) is 0 Å². The molecule has 1 unspecified atom stereocenters. The summed E-state index contributed by atoms with van der Waals surface area (Å²) in [4.78, 5) is 2.61. The van der Waals surface area contributed by atoms with Crippen molar-refractivity contribution in [3.63, 3.8) is 0 Å². The van der Waals surface area contributed by atoms with Gasteiger partial charge in [-0.05, 0) is 19.4 Å². The third-order valence-corrected chi connectivity index (χ3v) is 5.51. The first-order chi connectivity index (χ1) is 13.9. The topological polar surface area (TPSA) is 87.1 Å². The minimum atomic E-state index is -4.67. The van der Waals surface area contributed by atoms with Crippen molar-refractivity contribution >= 4 is 10.4 Å². The van der Waals surface area contributed by atoms with Crippen LogP contribution < -0.4 is 0 Å². The molecule has 7 heteroatoms. The molecule has 1 aliphatic heterocycles. The van der Waals surface area contributed by atoms with Gasteiger partial charge >= 0.3 is 10.4 Å². The van der Waals surface area contributed by atoms with Crippen LogP contribution in [0.1, 0.15) is 110 Å². The van der Waals surface area contributed by atoms with Crippen molar-refractivity contribution in [2.75, 3.05) is 26.2 Å². The Morgan fingerprint density at radius 2 is 1.21 bits per heavy atom. The van der Waals surface area contributed by atoms with Crippen molar-refractivity contribution < 1.29 is 22.3 Å². The zero-order chi connectivity index (χ0) is 21.8. The molecule has 0 bridgehead atoms. The van der Waals surface area contributed by atoms with Gasteiger partial charge in [-0.15, -0.1) is 0 Å². The van der Waals surface area contributed by atoms with Crippen LogP contribution in [0.5, 0.6) is 0 Å². The van der Waals surface area contributed by atoms with E-state index in [1.807, 2.05) is 0 Å². The summed E-state index contributed by atoms with van der Waals surface area (Å²) in [6.07, 6.45) is 21.9. The first-order valence-electron chi connectivity index (χ1n) is 11.9. The zero-order valence-corrected chi connectivity index (χ0v) is 19.8. The Balaban J connectivity index is 0.00000139. The van der Waals surface area contributed by atoms with Crippen LogP contribution in [0.2, 0.25) is 0 Å². The Bertz CT molecular complexity index is 436. The molecule has 6 nitrogen and oxygen atoms in total. The van der Waals surface area contributed by atoms with Gasteiger partial charge in [-0.3, -0.25) is 14.0 Å². The molecule has 2 N–H and O–H groups in total. The minimum Gasteiger partial charge on any atom is -0.376 e. The van der Waals surface area contributed by atoms with Gasteiger partial charge in [0, 0.05) is 13.1 Å². The Morgan fingerprint density at radius 3 is 1.62 bits per heavy atom. The number of rotatable bonds is 16. The molecule has 0 aromatic carbocycles. The molecule has 176 valence electrons. The SMILES string of the molecule is CCCCCCCCCCCCCCCCN1CCOC(CC)C1.O=S(=O)(O)O. The van der Waals surface area contributed by atoms with E-state index in [1.54, 1.807) is 0 Å². The van der Waals surface area contributed by atoms with Gasteiger partial charge in [-0.25, -0.2) is 0 Å². The maximum atomic E-state index is 8.74. The summed E-state index contributed by atoms with van der Waals surface area (Å²) < 4.78 is 37.3. The molecule has 1 saturated heterocycles. The van der Waals surface area contributed by atoms with Crippen LogP contribution >= 0.6 is 0 Å². The second-order valence-corrected chi connectivity index (χ2v) is 9.14. The van der Waals surface area contributed by atoms with E-state index in [0.29, 0.717) is 6.10 Å². The van der Waals surface area contributed by atoms with Gasteiger partial charge in [0.2, 0.25) is 0 Å². The van der Waals surface area contributed by atoms with E-state index in [9.17, 15) is 0 Å². The second kappa shape index (κ2) is 19.7. The van der Waals surface area contributed by atoms with Crippen molar-refractivity contribution in [3.05, 3.63) is 0 Å². The standard InChI is InChI=1S/C22H45NO.H2O4S/c1-3-5-6-7-8-9-10-11-12-13-14-15-16-17-18-23-19-20-24-22(4-2)21-23;1-5(2,3)4/h22H,3-21H2,1-2H3;(H2,1,2,3,4). The van der Waals surface area contributed by atoms with Crippen molar-refractivity contribution in [1.82, 2.24) is 4.90 Å². The molecule has 29 heavy (non-hydrogen) atoms. The molecule has 1 aliphatic rings. The first kappa shape index (κ1) is 28.8. The number of hydrogen-bond acceptors (Lipinski definition) is 4. The fourth-order valence-electron chi connectivity index (χ4n) is 3.76. The molecular weight excluding hydrogens is 390 g/mol. The van der Waals surface area contributed by atoms with Crippen LogP contribution in [0, 0.1) is 0 Å². The molecular formula is C22H47NO5S. The number of morpholine rings is 1. The van der Waals surface area contributed by atoms with E-state index in [4.69, 9.17) is 22.3 Å². The predicted molar refractivity (Wildman–Crippen MR) is 121 cm³/mol. The number of ether oxygens (including phenoxy) is 1. The monoisotopic (exact) mass is 437 g/mol. The minimum absolute atomic E-state index is 0.491. The van der Waals surface area contributed by atoms with E-state index >= 15 is 0 Å². The van der Waals surface area contributed by atoms with Crippen LogP contribution in [-0.2, 0) is 15.1 Å². The summed E-state index contributed by atoms with van der Waals surface area (Å²) in [6, 6.07) is 0. The van der Waals surface area contributed by atoms with Crippen LogP contribution in [0.25, 0.3) is 0 Å². The maximum Gasteiger partial charge on any atom is 0.394 e. The lowest BCUT2D eigenvalue weighted by Crippen LogP contribution is -2.42. The third-order valence-electron chi connectivity index (χ3n) is 5.51. The van der Waals surface area contributed by atoms with Gasteiger partial charge in [0.1, 0.15) is 0 Å². The summed E-state index contributed by atoms with van der Waals surface area (Å²) in [5.74, 6) is 0. The Kier molecular flexibility index (Phi) is 19.6. The smallest absolute Gasteiger partial charge is 0.376 e. The maximum absolute atomic E-state index is 8.74. The predicted octanol–water partition coefficient (Wildman–Crippen LogP) is 5.93. The van der Waals surface area contributed by atoms with E-state index in [2.05, 4.69) is 18.7 Å². The molecule has 1 atom stereocenters. The molecule has 0 aliphatic carbocycles. The van der Waals surface area contributed by atoms with E-state index in [0.717, 1.165) is 26.1 Å². The summed E-state index contributed by atoms with van der Waals surface area (Å²) in [5.41, 5.74) is 0. The lowest BCUT2D eigenvalue weighted by Gasteiger charge is -2.32. The molecule has 0 saturated carbocycles. The second-order valence-electron chi connectivity index (χ2n) is 8.25. The largest absolute Gasteiger partial charge is 0.394 e.